The number of nitrogens with one attached hydrogen (secondary N) is 1. The maximum absolute atomic E-state index is 6.00. The molecule has 1 N–H and O–H groups in total. The molecule has 2 aromatic rings. The molecular formula is C16H23ClN4. The van der Waals surface area contributed by atoms with E-state index in [1.54, 1.807) is 0 Å². The van der Waals surface area contributed by atoms with Gasteiger partial charge in [-0.2, -0.15) is 0 Å². The number of imidazole rings is 1. The molecule has 0 aromatic carbocycles. The fourth-order valence-corrected chi connectivity index (χ4v) is 3.20. The van der Waals surface area contributed by atoms with Crippen LogP contribution in [0.5, 0.6) is 0 Å². The molecule has 1 saturated heterocycles. The first-order valence-corrected chi connectivity index (χ1v) is 8.21. The van der Waals surface area contributed by atoms with Crippen molar-refractivity contribution in [3.05, 3.63) is 35.2 Å². The summed E-state index contributed by atoms with van der Waals surface area (Å²) in [4.78, 5) is 7.17. The molecular weight excluding hydrogens is 284 g/mol. The van der Waals surface area contributed by atoms with Crippen LogP contribution in [0.3, 0.4) is 0 Å². The van der Waals surface area contributed by atoms with Gasteiger partial charge in [0.05, 0.1) is 10.7 Å². The lowest BCUT2D eigenvalue weighted by Gasteiger charge is -2.32. The van der Waals surface area contributed by atoms with Crippen molar-refractivity contribution in [1.82, 2.24) is 19.6 Å². The molecule has 21 heavy (non-hydrogen) atoms. The minimum Gasteiger partial charge on any atom is -0.308 e. The molecule has 0 spiro atoms. The zero-order chi connectivity index (χ0) is 14.7. The number of likely N-dealkylation sites (tertiary alicyclic amines) is 1. The molecule has 0 saturated carbocycles. The van der Waals surface area contributed by atoms with Gasteiger partial charge in [-0.15, -0.1) is 0 Å². The molecule has 0 unspecified atom stereocenters. The van der Waals surface area contributed by atoms with Crippen molar-refractivity contribution in [2.24, 2.45) is 0 Å². The van der Waals surface area contributed by atoms with Gasteiger partial charge < -0.3 is 14.6 Å². The summed E-state index contributed by atoms with van der Waals surface area (Å²) < 4.78 is 1.99. The minimum atomic E-state index is 0.617. The van der Waals surface area contributed by atoms with Crippen molar-refractivity contribution < 1.29 is 0 Å². The molecule has 3 heterocycles. The van der Waals surface area contributed by atoms with E-state index in [0.29, 0.717) is 6.04 Å². The Hall–Kier alpha value is -1.10. The third-order valence-corrected chi connectivity index (χ3v) is 4.39. The summed E-state index contributed by atoms with van der Waals surface area (Å²) in [5.41, 5.74) is 2.03. The van der Waals surface area contributed by atoms with Crippen LogP contribution < -0.4 is 5.32 Å². The standard InChI is InChI=1S/C16H23ClN4/c1-2-7-20-8-5-14(6-9-20)18-10-15-12-21-11-13(17)3-4-16(21)19-15/h3-4,11-12,14,18H,2,5-10H2,1H3. The third kappa shape index (κ3) is 3.76. The smallest absolute Gasteiger partial charge is 0.137 e. The molecule has 114 valence electrons. The van der Waals surface area contributed by atoms with Gasteiger partial charge in [0.25, 0.3) is 0 Å². The topological polar surface area (TPSA) is 32.6 Å². The fourth-order valence-electron chi connectivity index (χ4n) is 3.03. The molecule has 3 rings (SSSR count). The molecule has 2 aromatic heterocycles. The number of aromatic nitrogens is 2. The van der Waals surface area contributed by atoms with Gasteiger partial charge in [-0.3, -0.25) is 0 Å². The molecule has 0 amide bonds. The van der Waals surface area contributed by atoms with Gasteiger partial charge in [-0.1, -0.05) is 18.5 Å². The van der Waals surface area contributed by atoms with Gasteiger partial charge in [0.15, 0.2) is 0 Å². The average molecular weight is 307 g/mol. The Morgan fingerprint density at radius 1 is 1.29 bits per heavy atom. The zero-order valence-electron chi connectivity index (χ0n) is 12.6. The Balaban J connectivity index is 1.52. The Morgan fingerprint density at radius 2 is 2.10 bits per heavy atom. The second-order valence-corrected chi connectivity index (χ2v) is 6.28. The SMILES string of the molecule is CCCN1CCC(NCc2cn3cc(Cl)ccc3n2)CC1. The van der Waals surface area contributed by atoms with Crippen molar-refractivity contribution >= 4 is 17.2 Å². The van der Waals surface area contributed by atoms with E-state index in [1.165, 1.54) is 38.9 Å². The van der Waals surface area contributed by atoms with Crippen molar-refractivity contribution in [3.8, 4) is 0 Å². The van der Waals surface area contributed by atoms with E-state index in [-0.39, 0.29) is 0 Å². The molecule has 0 aliphatic carbocycles. The Kier molecular flexibility index (Phi) is 4.78. The van der Waals surface area contributed by atoms with E-state index in [9.17, 15) is 0 Å². The van der Waals surface area contributed by atoms with Crippen LogP contribution in [0.15, 0.2) is 24.5 Å². The number of rotatable bonds is 5. The number of fused-ring (bicyclic) bond motifs is 1. The summed E-state index contributed by atoms with van der Waals surface area (Å²) in [6, 6.07) is 4.45. The Bertz CT molecular complexity index is 587. The molecule has 1 fully saturated rings. The second kappa shape index (κ2) is 6.77. The van der Waals surface area contributed by atoms with Crippen LogP contribution >= 0.6 is 11.6 Å². The summed E-state index contributed by atoms with van der Waals surface area (Å²) in [5.74, 6) is 0. The highest BCUT2D eigenvalue weighted by Gasteiger charge is 2.18. The maximum atomic E-state index is 6.00. The molecule has 5 heteroatoms. The highest BCUT2D eigenvalue weighted by atomic mass is 35.5. The van der Waals surface area contributed by atoms with Gasteiger partial charge in [0.2, 0.25) is 0 Å². The first-order chi connectivity index (χ1) is 10.2. The van der Waals surface area contributed by atoms with Gasteiger partial charge in [-0.05, 0) is 51.0 Å². The van der Waals surface area contributed by atoms with E-state index in [1.807, 2.05) is 22.7 Å². The Morgan fingerprint density at radius 3 is 2.86 bits per heavy atom. The van der Waals surface area contributed by atoms with E-state index >= 15 is 0 Å². The van der Waals surface area contributed by atoms with Crippen LogP contribution in [0.2, 0.25) is 5.02 Å². The van der Waals surface area contributed by atoms with Crippen molar-refractivity contribution in [2.75, 3.05) is 19.6 Å². The van der Waals surface area contributed by atoms with Crippen molar-refractivity contribution in [3.63, 3.8) is 0 Å². The number of pyridine rings is 1. The molecule has 4 nitrogen and oxygen atoms in total. The van der Waals surface area contributed by atoms with Gasteiger partial charge in [0, 0.05) is 25.0 Å². The van der Waals surface area contributed by atoms with Gasteiger partial charge in [0.1, 0.15) is 5.65 Å². The largest absolute Gasteiger partial charge is 0.308 e. The zero-order valence-corrected chi connectivity index (χ0v) is 13.3. The lowest BCUT2D eigenvalue weighted by molar-refractivity contribution is 0.197. The highest BCUT2D eigenvalue weighted by Crippen LogP contribution is 2.13. The molecule has 1 aliphatic rings. The summed E-state index contributed by atoms with van der Waals surface area (Å²) in [6.45, 7) is 6.75. The minimum absolute atomic E-state index is 0.617. The van der Waals surface area contributed by atoms with Crippen LogP contribution in [0.25, 0.3) is 5.65 Å². The van der Waals surface area contributed by atoms with Crippen molar-refractivity contribution in [1.29, 1.82) is 0 Å². The van der Waals surface area contributed by atoms with Gasteiger partial charge in [-0.25, -0.2) is 4.98 Å². The van der Waals surface area contributed by atoms with E-state index in [2.05, 4.69) is 28.3 Å². The highest BCUT2D eigenvalue weighted by molar-refractivity contribution is 6.30. The normalized spacial score (nSPS) is 17.6. The monoisotopic (exact) mass is 306 g/mol. The van der Waals surface area contributed by atoms with Gasteiger partial charge >= 0.3 is 0 Å². The van der Waals surface area contributed by atoms with Crippen LogP contribution in [0.1, 0.15) is 31.9 Å². The molecule has 1 aliphatic heterocycles. The molecule has 0 radical (unpaired) electrons. The maximum Gasteiger partial charge on any atom is 0.137 e. The average Bonchev–Trinajstić information content (AvgIpc) is 2.89. The number of piperidine rings is 1. The summed E-state index contributed by atoms with van der Waals surface area (Å²) in [6.07, 6.45) is 7.68. The van der Waals surface area contributed by atoms with Crippen LogP contribution in [-0.4, -0.2) is 40.0 Å². The summed E-state index contributed by atoms with van der Waals surface area (Å²) >= 11 is 6.00. The lowest BCUT2D eigenvalue weighted by atomic mass is 10.0. The number of hydrogen-bond donors (Lipinski definition) is 1. The van der Waals surface area contributed by atoms with E-state index < -0.39 is 0 Å². The summed E-state index contributed by atoms with van der Waals surface area (Å²) in [7, 11) is 0. The van der Waals surface area contributed by atoms with Crippen LogP contribution in [0.4, 0.5) is 0 Å². The number of hydrogen-bond acceptors (Lipinski definition) is 3. The van der Waals surface area contributed by atoms with E-state index in [4.69, 9.17) is 11.6 Å². The molecule has 0 atom stereocenters. The quantitative estimate of drug-likeness (QED) is 0.922. The van der Waals surface area contributed by atoms with Crippen LogP contribution in [0, 0.1) is 0 Å². The van der Waals surface area contributed by atoms with Crippen LogP contribution in [-0.2, 0) is 6.54 Å². The fraction of sp³-hybridized carbons (Fsp3) is 0.562. The lowest BCUT2D eigenvalue weighted by Crippen LogP contribution is -2.42. The van der Waals surface area contributed by atoms with Crippen molar-refractivity contribution in [2.45, 2.75) is 38.8 Å². The van der Waals surface area contributed by atoms with E-state index in [0.717, 1.165) is 22.9 Å². The Labute approximate surface area is 131 Å². The molecule has 0 bridgehead atoms. The predicted octanol–water partition coefficient (Wildman–Crippen LogP) is 2.95. The first kappa shape index (κ1) is 14.8. The number of halogens is 1. The predicted molar refractivity (Wildman–Crippen MR) is 86.8 cm³/mol. The second-order valence-electron chi connectivity index (χ2n) is 5.84. The first-order valence-electron chi connectivity index (χ1n) is 7.83. The number of nitrogens with zero attached hydrogens (tertiary/aromatic N) is 3. The summed E-state index contributed by atoms with van der Waals surface area (Å²) in [5, 5.41) is 4.38. The third-order valence-electron chi connectivity index (χ3n) is 4.16.